The number of carbonyl (C=O) groups excluding carboxylic acids is 2. The van der Waals surface area contributed by atoms with Crippen molar-refractivity contribution in [3.05, 3.63) is 58.1 Å². The van der Waals surface area contributed by atoms with Crippen molar-refractivity contribution in [2.75, 3.05) is 17.7 Å². The van der Waals surface area contributed by atoms with Crippen LogP contribution < -0.4 is 11.1 Å². The molecule has 3 N–H and O–H groups in total. The van der Waals surface area contributed by atoms with E-state index in [1.807, 2.05) is 45.1 Å². The molecular weight excluding hydrogens is 436 g/mol. The molecule has 1 unspecified atom stereocenters. The van der Waals surface area contributed by atoms with Gasteiger partial charge < -0.3 is 20.5 Å². The van der Waals surface area contributed by atoms with Crippen LogP contribution in [0.25, 0.3) is 4.95 Å². The van der Waals surface area contributed by atoms with Gasteiger partial charge in [0, 0.05) is 0 Å². The van der Waals surface area contributed by atoms with Gasteiger partial charge in [0.2, 0.25) is 6.41 Å². The zero-order valence-electron chi connectivity index (χ0n) is 18.1. The fourth-order valence-corrected chi connectivity index (χ4v) is 3.26. The average molecular weight is 466 g/mol. The van der Waals surface area contributed by atoms with Gasteiger partial charge in [-0.1, -0.05) is 25.2 Å². The van der Waals surface area contributed by atoms with Gasteiger partial charge in [-0.2, -0.15) is 0 Å². The monoisotopic (exact) mass is 465 g/mol. The maximum absolute atomic E-state index is 10.6. The first-order valence-corrected chi connectivity index (χ1v) is 11.2. The van der Waals surface area contributed by atoms with Crippen LogP contribution in [0.1, 0.15) is 38.1 Å². The lowest BCUT2D eigenvalue weighted by molar-refractivity contribution is -0.105. The molecule has 0 aliphatic heterocycles. The molecule has 2 amide bonds. The van der Waals surface area contributed by atoms with Crippen molar-refractivity contribution in [2.24, 2.45) is 10.8 Å². The number of hydrogen-bond acceptors (Lipinski definition) is 7. The molecule has 0 aliphatic carbocycles. The Labute approximate surface area is 191 Å². The minimum Gasteiger partial charge on any atom is -0.491 e. The third-order valence-electron chi connectivity index (χ3n) is 3.18. The third-order valence-corrected chi connectivity index (χ3v) is 4.92. The van der Waals surface area contributed by atoms with Gasteiger partial charge in [-0.3, -0.25) is 9.59 Å². The number of primary amides is 1. The Hall–Kier alpha value is -3.03. The number of thioether (sulfide) groups is 1. The summed E-state index contributed by atoms with van der Waals surface area (Å²) < 4.78 is 10.9. The van der Waals surface area contributed by atoms with Crippen LogP contribution in [0.5, 0.6) is 0 Å². The number of nitrogens with one attached hydrogen (secondary N) is 1. The van der Waals surface area contributed by atoms with Gasteiger partial charge in [0.05, 0.1) is 11.8 Å². The highest BCUT2D eigenvalue weighted by molar-refractivity contribution is 7.99. The molecule has 0 spiro atoms. The molecule has 31 heavy (non-hydrogen) atoms. The summed E-state index contributed by atoms with van der Waals surface area (Å²) in [5, 5.41) is 8.27. The summed E-state index contributed by atoms with van der Waals surface area (Å²) in [6.07, 6.45) is 9.89. The summed E-state index contributed by atoms with van der Waals surface area (Å²) in [7, 11) is 0. The summed E-state index contributed by atoms with van der Waals surface area (Å²) in [5.41, 5.74) is 6.42. The van der Waals surface area contributed by atoms with Gasteiger partial charge in [-0.15, -0.1) is 23.1 Å². The molecule has 1 aromatic heterocycles. The Balaban J connectivity index is 0.000000683. The Kier molecular flexibility index (Phi) is 16.1. The smallest absolute Gasteiger partial charge is 0.313 e. The molecule has 0 radical (unpaired) electrons. The van der Waals surface area contributed by atoms with Crippen LogP contribution in [0.2, 0.25) is 0 Å². The van der Waals surface area contributed by atoms with Gasteiger partial charge in [0.25, 0.3) is 5.91 Å². The van der Waals surface area contributed by atoms with Gasteiger partial charge in [0.1, 0.15) is 15.4 Å². The molecule has 10 heteroatoms. The molecule has 1 heterocycles. The number of rotatable bonds is 11. The molecular formula is C21H29N4O4S2+. The van der Waals surface area contributed by atoms with Crippen LogP contribution in [-0.2, 0) is 14.3 Å². The van der Waals surface area contributed by atoms with E-state index in [0.717, 1.165) is 11.3 Å². The molecule has 0 saturated carbocycles. The Bertz CT molecular complexity index is 839. The van der Waals surface area contributed by atoms with Crippen molar-refractivity contribution in [1.82, 2.24) is 0 Å². The predicted molar refractivity (Wildman–Crippen MR) is 131 cm³/mol. The molecule has 0 bridgehead atoms. The Morgan fingerprint density at radius 3 is 2.84 bits per heavy atom. The van der Waals surface area contributed by atoms with E-state index in [-0.39, 0.29) is 12.0 Å². The van der Waals surface area contributed by atoms with E-state index in [9.17, 15) is 9.59 Å². The average Bonchev–Trinajstić information content (AvgIpc) is 3.19. The lowest BCUT2D eigenvalue weighted by Crippen LogP contribution is -2.16. The number of nitrogens with two attached hydrogens (primary N) is 1. The maximum atomic E-state index is 10.6. The number of allylic oxidation sites excluding steroid dienone is 5. The van der Waals surface area contributed by atoms with Crippen molar-refractivity contribution in [2.45, 2.75) is 33.1 Å². The second-order valence-electron chi connectivity index (χ2n) is 5.59. The van der Waals surface area contributed by atoms with Gasteiger partial charge in [-0.25, -0.2) is 0 Å². The Morgan fingerprint density at radius 2 is 2.26 bits per heavy atom. The van der Waals surface area contributed by atoms with E-state index in [0.29, 0.717) is 22.9 Å². The summed E-state index contributed by atoms with van der Waals surface area (Å²) >= 11 is 2.92. The molecule has 0 aromatic carbocycles. The van der Waals surface area contributed by atoms with E-state index < -0.39 is 5.91 Å². The van der Waals surface area contributed by atoms with E-state index in [4.69, 9.17) is 21.8 Å². The van der Waals surface area contributed by atoms with Crippen LogP contribution >= 0.6 is 23.1 Å². The van der Waals surface area contributed by atoms with Crippen molar-refractivity contribution in [1.29, 1.82) is 0 Å². The van der Waals surface area contributed by atoms with E-state index in [2.05, 4.69) is 22.3 Å². The van der Waals surface area contributed by atoms with Gasteiger partial charge in [-0.05, 0) is 49.6 Å². The topological polar surface area (TPSA) is 107 Å². The largest absolute Gasteiger partial charge is 0.491 e. The van der Waals surface area contributed by atoms with Crippen LogP contribution in [0.15, 0.2) is 52.7 Å². The number of ether oxygens (including phenoxy) is 2. The lowest BCUT2D eigenvalue weighted by atomic mass is 10.3. The molecule has 1 atom stereocenters. The second kappa shape index (κ2) is 17.8. The minimum absolute atomic E-state index is 0.00981. The number of carbonyl (C=O) groups is 2. The van der Waals surface area contributed by atoms with Crippen LogP contribution in [0.3, 0.4) is 0 Å². The molecule has 0 saturated heterocycles. The molecule has 1 aromatic rings. The summed E-state index contributed by atoms with van der Waals surface area (Å²) in [4.78, 5) is 23.9. The van der Waals surface area contributed by atoms with E-state index in [1.165, 1.54) is 11.3 Å². The number of nitrogens with zero attached hydrogens (tertiary/aromatic N) is 2. The first-order chi connectivity index (χ1) is 14.9. The fourth-order valence-electron chi connectivity index (χ4n) is 1.86. The molecule has 168 valence electrons. The SMILES string of the molecule is C#[N+]/N=C(/CO/C=C/C(C)=C\C=C/C)OC(C)SCC.NC(=O)c1ccsc1NC=O. The number of amides is 2. The zero-order valence-corrected chi connectivity index (χ0v) is 19.7. The maximum Gasteiger partial charge on any atom is 0.313 e. The van der Waals surface area contributed by atoms with Crippen LogP contribution in [-0.4, -0.2) is 36.0 Å². The van der Waals surface area contributed by atoms with Crippen molar-refractivity contribution < 1.29 is 19.1 Å². The van der Waals surface area contributed by atoms with Crippen molar-refractivity contribution >= 4 is 46.3 Å². The predicted octanol–water partition coefficient (Wildman–Crippen LogP) is 4.85. The normalized spacial score (nSPS) is 12.6. The minimum atomic E-state index is -0.532. The van der Waals surface area contributed by atoms with Gasteiger partial charge >= 0.3 is 12.5 Å². The summed E-state index contributed by atoms with van der Waals surface area (Å²) in [5.74, 6) is 0.792. The second-order valence-corrected chi connectivity index (χ2v) is 8.08. The summed E-state index contributed by atoms with van der Waals surface area (Å²) in [6.45, 7) is 13.2. The molecule has 0 fully saturated rings. The standard InChI is InChI=1S/C15H23N2O2S.C6H6N2O2S/c1-6-8-9-13(3)10-11-18-12-15(17-16-5)19-14(4)20-7-2;7-5(10)4-1-2-11-6(4)8-3-9/h5-6,8-11,14H,7,12H2,1-4H3;1-3H,(H2,7,10)(H,8,9)/q+1;/b8-6-,11-10+,13-9-,17-15-;. The van der Waals surface area contributed by atoms with E-state index >= 15 is 0 Å². The highest BCUT2D eigenvalue weighted by Gasteiger charge is 2.11. The molecule has 1 rings (SSSR count). The first kappa shape index (κ1) is 28.0. The van der Waals surface area contributed by atoms with E-state index in [1.54, 1.807) is 29.5 Å². The number of thiophene rings is 1. The molecule has 8 nitrogen and oxygen atoms in total. The molecule has 0 aliphatic rings. The lowest BCUT2D eigenvalue weighted by Gasteiger charge is -2.11. The number of anilines is 1. The van der Waals surface area contributed by atoms with Crippen LogP contribution in [0.4, 0.5) is 5.00 Å². The summed E-state index contributed by atoms with van der Waals surface area (Å²) in [6, 6.07) is 1.57. The number of hydrogen-bond donors (Lipinski definition) is 2. The van der Waals surface area contributed by atoms with Crippen molar-refractivity contribution in [3.63, 3.8) is 0 Å². The fraction of sp³-hybridized carbons (Fsp3) is 0.333. The van der Waals surface area contributed by atoms with Crippen molar-refractivity contribution in [3.8, 4) is 6.57 Å². The third kappa shape index (κ3) is 13.8. The highest BCUT2D eigenvalue weighted by atomic mass is 32.2. The zero-order chi connectivity index (χ0) is 23.5. The highest BCUT2D eigenvalue weighted by Crippen LogP contribution is 2.21. The van der Waals surface area contributed by atoms with Crippen LogP contribution in [0, 0.1) is 6.57 Å². The van der Waals surface area contributed by atoms with Gasteiger partial charge in [0.15, 0.2) is 11.7 Å². The first-order valence-electron chi connectivity index (χ1n) is 9.29. The quantitative estimate of drug-likeness (QED) is 0.0924. The Morgan fingerprint density at radius 1 is 1.52 bits per heavy atom.